The van der Waals surface area contributed by atoms with Crippen molar-refractivity contribution < 1.29 is 4.74 Å². The smallest absolute Gasteiger partial charge is 0.193 e. The molecule has 5 nitrogen and oxygen atoms in total. The molecule has 2 aliphatic heterocycles. The summed E-state index contributed by atoms with van der Waals surface area (Å²) in [4.78, 5) is 9.49. The van der Waals surface area contributed by atoms with Gasteiger partial charge in [0.25, 0.3) is 0 Å². The summed E-state index contributed by atoms with van der Waals surface area (Å²) in [6.45, 7) is 6.83. The first-order chi connectivity index (χ1) is 12.3. The Morgan fingerprint density at radius 1 is 1.28 bits per heavy atom. The molecule has 6 heteroatoms. The lowest BCUT2D eigenvalue weighted by atomic mass is 10.2. The molecule has 1 aromatic heterocycles. The minimum atomic E-state index is 0.629. The van der Waals surface area contributed by atoms with E-state index in [1.54, 1.807) is 0 Å². The topological polar surface area (TPSA) is 40.1 Å². The number of hydrogen-bond acceptors (Lipinski definition) is 4. The van der Waals surface area contributed by atoms with Crippen LogP contribution in [0.1, 0.15) is 12.0 Å². The average molecular weight is 359 g/mol. The first-order valence-electron chi connectivity index (χ1n) is 9.07. The number of nitrogens with one attached hydrogen (secondary N) is 1. The highest BCUT2D eigenvalue weighted by molar-refractivity contribution is 7.17. The number of fused-ring (bicyclic) bond motifs is 1. The third kappa shape index (κ3) is 3.66. The Bertz CT molecular complexity index is 738. The molecule has 4 rings (SSSR count). The number of nitrogens with zero attached hydrogens (tertiary/aromatic N) is 3. The second-order valence-electron chi connectivity index (χ2n) is 6.69. The molecule has 0 aliphatic carbocycles. The quantitative estimate of drug-likeness (QED) is 0.676. The van der Waals surface area contributed by atoms with Crippen molar-refractivity contribution in [2.75, 3.05) is 46.4 Å². The zero-order valence-electron chi connectivity index (χ0n) is 14.8. The van der Waals surface area contributed by atoms with E-state index in [1.807, 2.05) is 18.4 Å². The standard InChI is InChI=1S/C19H26N4OS/c1-20-19(21-12-15-14-25-18-5-3-2-4-17(15)18)23-7-6-16(13-23)22-8-10-24-11-9-22/h2-5,14,16H,6-13H2,1H3,(H,20,21). The van der Waals surface area contributed by atoms with E-state index in [-0.39, 0.29) is 0 Å². The Balaban J connectivity index is 1.36. The Morgan fingerprint density at radius 2 is 2.12 bits per heavy atom. The number of guanidine groups is 1. The molecule has 1 unspecified atom stereocenters. The number of benzene rings is 1. The zero-order chi connectivity index (χ0) is 17.1. The second-order valence-corrected chi connectivity index (χ2v) is 7.61. The molecule has 25 heavy (non-hydrogen) atoms. The van der Waals surface area contributed by atoms with Crippen molar-refractivity contribution in [2.45, 2.75) is 19.0 Å². The lowest BCUT2D eigenvalue weighted by molar-refractivity contribution is 0.0195. The molecule has 2 aliphatic rings. The van der Waals surface area contributed by atoms with Crippen LogP contribution in [0.25, 0.3) is 10.1 Å². The van der Waals surface area contributed by atoms with E-state index in [2.05, 4.69) is 49.8 Å². The van der Waals surface area contributed by atoms with Crippen molar-refractivity contribution in [1.29, 1.82) is 0 Å². The molecule has 1 aromatic carbocycles. The van der Waals surface area contributed by atoms with Crippen molar-refractivity contribution >= 4 is 27.4 Å². The van der Waals surface area contributed by atoms with Gasteiger partial charge in [0.05, 0.1) is 13.2 Å². The maximum atomic E-state index is 5.48. The SMILES string of the molecule is CN=C(NCc1csc2ccccc12)N1CCC(N2CCOCC2)C1. The molecule has 1 atom stereocenters. The number of rotatable bonds is 3. The molecule has 2 aromatic rings. The Labute approximate surface area is 153 Å². The highest BCUT2D eigenvalue weighted by atomic mass is 32.1. The molecule has 2 fully saturated rings. The summed E-state index contributed by atoms with van der Waals surface area (Å²) in [7, 11) is 1.89. The Morgan fingerprint density at radius 3 is 2.96 bits per heavy atom. The van der Waals surface area contributed by atoms with Gasteiger partial charge in [-0.3, -0.25) is 9.89 Å². The number of thiophene rings is 1. The molecule has 134 valence electrons. The van der Waals surface area contributed by atoms with Gasteiger partial charge in [0.2, 0.25) is 0 Å². The number of likely N-dealkylation sites (tertiary alicyclic amines) is 1. The molecule has 0 spiro atoms. The van der Waals surface area contributed by atoms with Crippen LogP contribution in [0.15, 0.2) is 34.6 Å². The third-order valence-electron chi connectivity index (χ3n) is 5.23. The first-order valence-corrected chi connectivity index (χ1v) is 9.95. The summed E-state index contributed by atoms with van der Waals surface area (Å²) in [5, 5.41) is 7.17. The monoisotopic (exact) mass is 358 g/mol. The van der Waals surface area contributed by atoms with Gasteiger partial charge in [-0.2, -0.15) is 0 Å². The van der Waals surface area contributed by atoms with Crippen molar-refractivity contribution in [3.8, 4) is 0 Å². The Hall–Kier alpha value is -1.63. The summed E-state index contributed by atoms with van der Waals surface area (Å²) in [5.74, 6) is 1.02. The van der Waals surface area contributed by atoms with Crippen LogP contribution in [-0.2, 0) is 11.3 Å². The van der Waals surface area contributed by atoms with Gasteiger partial charge in [0, 0.05) is 50.5 Å². The molecule has 0 saturated carbocycles. The predicted molar refractivity (Wildman–Crippen MR) is 104 cm³/mol. The van der Waals surface area contributed by atoms with Gasteiger partial charge in [-0.05, 0) is 28.8 Å². The van der Waals surface area contributed by atoms with Crippen LogP contribution in [0, 0.1) is 0 Å². The van der Waals surface area contributed by atoms with E-state index in [0.717, 1.165) is 51.9 Å². The minimum Gasteiger partial charge on any atom is -0.379 e. The third-order valence-corrected chi connectivity index (χ3v) is 6.25. The molecule has 3 heterocycles. The second kappa shape index (κ2) is 7.72. The molecule has 0 bridgehead atoms. The normalized spacial score (nSPS) is 22.7. The maximum Gasteiger partial charge on any atom is 0.193 e. The van der Waals surface area contributed by atoms with E-state index in [4.69, 9.17) is 4.74 Å². The number of ether oxygens (including phenoxy) is 1. The molecule has 0 amide bonds. The average Bonchev–Trinajstić information content (AvgIpc) is 3.31. The Kier molecular flexibility index (Phi) is 5.20. The number of morpholine rings is 1. The first kappa shape index (κ1) is 16.8. The zero-order valence-corrected chi connectivity index (χ0v) is 15.6. The fourth-order valence-electron chi connectivity index (χ4n) is 3.85. The van der Waals surface area contributed by atoms with Gasteiger partial charge >= 0.3 is 0 Å². The van der Waals surface area contributed by atoms with Crippen LogP contribution in [0.5, 0.6) is 0 Å². The summed E-state index contributed by atoms with van der Waals surface area (Å²) >= 11 is 1.81. The van der Waals surface area contributed by atoms with Crippen LogP contribution < -0.4 is 5.32 Å². The van der Waals surface area contributed by atoms with E-state index in [9.17, 15) is 0 Å². The van der Waals surface area contributed by atoms with Crippen LogP contribution in [0.4, 0.5) is 0 Å². The largest absolute Gasteiger partial charge is 0.379 e. The van der Waals surface area contributed by atoms with Crippen LogP contribution in [0.3, 0.4) is 0 Å². The van der Waals surface area contributed by atoms with Gasteiger partial charge in [-0.1, -0.05) is 18.2 Å². The lowest BCUT2D eigenvalue weighted by Gasteiger charge is -2.32. The highest BCUT2D eigenvalue weighted by Gasteiger charge is 2.30. The summed E-state index contributed by atoms with van der Waals surface area (Å²) in [6, 6.07) is 9.23. The maximum absolute atomic E-state index is 5.48. The van der Waals surface area contributed by atoms with Gasteiger partial charge in [-0.25, -0.2) is 0 Å². The molecule has 1 N–H and O–H groups in total. The van der Waals surface area contributed by atoms with Crippen molar-refractivity contribution in [3.63, 3.8) is 0 Å². The summed E-state index contributed by atoms with van der Waals surface area (Å²) < 4.78 is 6.83. The van der Waals surface area contributed by atoms with Crippen molar-refractivity contribution in [3.05, 3.63) is 35.2 Å². The highest BCUT2D eigenvalue weighted by Crippen LogP contribution is 2.25. The molecular formula is C19H26N4OS. The van der Waals surface area contributed by atoms with Gasteiger partial charge in [0.15, 0.2) is 5.96 Å². The van der Waals surface area contributed by atoms with Gasteiger partial charge in [0.1, 0.15) is 0 Å². The summed E-state index contributed by atoms with van der Waals surface area (Å²) in [5.41, 5.74) is 1.35. The molecule has 0 radical (unpaired) electrons. The van der Waals surface area contributed by atoms with Crippen LogP contribution >= 0.6 is 11.3 Å². The predicted octanol–water partition coefficient (Wildman–Crippen LogP) is 2.38. The summed E-state index contributed by atoms with van der Waals surface area (Å²) in [6.07, 6.45) is 1.21. The van der Waals surface area contributed by atoms with Gasteiger partial charge < -0.3 is 15.0 Å². The van der Waals surface area contributed by atoms with Crippen LogP contribution in [-0.4, -0.2) is 68.2 Å². The van der Waals surface area contributed by atoms with E-state index in [1.165, 1.54) is 22.1 Å². The van der Waals surface area contributed by atoms with Gasteiger partial charge in [-0.15, -0.1) is 11.3 Å². The molecular weight excluding hydrogens is 332 g/mol. The van der Waals surface area contributed by atoms with E-state index < -0.39 is 0 Å². The fraction of sp³-hybridized carbons (Fsp3) is 0.526. The van der Waals surface area contributed by atoms with E-state index >= 15 is 0 Å². The molecule has 2 saturated heterocycles. The number of aliphatic imine (C=N–C) groups is 1. The lowest BCUT2D eigenvalue weighted by Crippen LogP contribution is -2.46. The fourth-order valence-corrected chi connectivity index (χ4v) is 4.81. The van der Waals surface area contributed by atoms with Crippen molar-refractivity contribution in [2.24, 2.45) is 4.99 Å². The van der Waals surface area contributed by atoms with Crippen molar-refractivity contribution in [1.82, 2.24) is 15.1 Å². The van der Waals surface area contributed by atoms with Crippen LogP contribution in [0.2, 0.25) is 0 Å². The van der Waals surface area contributed by atoms with E-state index in [0.29, 0.717) is 6.04 Å². The minimum absolute atomic E-state index is 0.629. The number of hydrogen-bond donors (Lipinski definition) is 1.